The summed E-state index contributed by atoms with van der Waals surface area (Å²) in [5, 5.41) is 3.79. The summed E-state index contributed by atoms with van der Waals surface area (Å²) >= 11 is 0. The zero-order chi connectivity index (χ0) is 12.6. The van der Waals surface area contributed by atoms with Crippen LogP contribution in [0.4, 0.5) is 0 Å². The number of fused-ring (bicyclic) bond motifs is 1. The maximum atomic E-state index is 3.79. The minimum Gasteiger partial charge on any atom is -0.314 e. The monoisotopic (exact) mass is 249 g/mol. The minimum absolute atomic E-state index is 0.657. The van der Waals surface area contributed by atoms with Crippen molar-refractivity contribution >= 4 is 0 Å². The van der Waals surface area contributed by atoms with Gasteiger partial charge in [0.1, 0.15) is 0 Å². The molecular formula is C17H31N. The van der Waals surface area contributed by atoms with Gasteiger partial charge in [-0.3, -0.25) is 0 Å². The van der Waals surface area contributed by atoms with Crippen LogP contribution in [0.2, 0.25) is 0 Å². The largest absolute Gasteiger partial charge is 0.314 e. The van der Waals surface area contributed by atoms with Crippen LogP contribution in [0, 0.1) is 23.2 Å². The van der Waals surface area contributed by atoms with Gasteiger partial charge in [-0.1, -0.05) is 39.5 Å². The second kappa shape index (κ2) is 5.15. The molecule has 3 saturated carbocycles. The Labute approximate surface area is 113 Å². The highest BCUT2D eigenvalue weighted by Gasteiger charge is 2.55. The molecule has 104 valence electrons. The third-order valence-electron chi connectivity index (χ3n) is 5.99. The molecule has 0 saturated heterocycles. The van der Waals surface area contributed by atoms with Crippen molar-refractivity contribution in [1.82, 2.24) is 5.32 Å². The lowest BCUT2D eigenvalue weighted by molar-refractivity contribution is 0.121. The van der Waals surface area contributed by atoms with Crippen LogP contribution in [0.25, 0.3) is 0 Å². The standard InChI is InChI=1S/C17H31N/c1-13(2)18-12-17(10-14-9-15(14)11-17)16-7-5-3-4-6-8-16/h13-16,18H,3-12H2,1-2H3. The summed E-state index contributed by atoms with van der Waals surface area (Å²) in [5.74, 6) is 3.29. The fourth-order valence-corrected chi connectivity index (χ4v) is 4.86. The lowest BCUT2D eigenvalue weighted by atomic mass is 9.68. The molecule has 0 aromatic carbocycles. The van der Waals surface area contributed by atoms with E-state index >= 15 is 0 Å². The van der Waals surface area contributed by atoms with Crippen LogP contribution in [0.1, 0.15) is 71.6 Å². The van der Waals surface area contributed by atoms with E-state index in [-0.39, 0.29) is 0 Å². The van der Waals surface area contributed by atoms with Gasteiger partial charge in [-0.25, -0.2) is 0 Å². The molecule has 2 atom stereocenters. The average molecular weight is 249 g/mol. The van der Waals surface area contributed by atoms with Crippen molar-refractivity contribution < 1.29 is 0 Å². The van der Waals surface area contributed by atoms with E-state index in [0.717, 1.165) is 17.8 Å². The van der Waals surface area contributed by atoms with Crippen molar-refractivity contribution in [2.45, 2.75) is 77.7 Å². The van der Waals surface area contributed by atoms with E-state index in [9.17, 15) is 0 Å². The zero-order valence-corrected chi connectivity index (χ0v) is 12.4. The fraction of sp³-hybridized carbons (Fsp3) is 1.00. The molecule has 0 aromatic rings. The molecule has 3 aliphatic carbocycles. The molecule has 0 heterocycles. The maximum absolute atomic E-state index is 3.79. The van der Waals surface area contributed by atoms with Crippen molar-refractivity contribution in [3.05, 3.63) is 0 Å². The molecular weight excluding hydrogens is 218 g/mol. The molecule has 1 N–H and O–H groups in total. The van der Waals surface area contributed by atoms with Crippen LogP contribution < -0.4 is 5.32 Å². The lowest BCUT2D eigenvalue weighted by Gasteiger charge is -2.40. The molecule has 3 aliphatic rings. The van der Waals surface area contributed by atoms with Crippen LogP contribution in [-0.4, -0.2) is 12.6 Å². The van der Waals surface area contributed by atoms with Crippen LogP contribution in [0.5, 0.6) is 0 Å². The van der Waals surface area contributed by atoms with Gasteiger partial charge in [-0.15, -0.1) is 0 Å². The Balaban J connectivity index is 1.67. The predicted molar refractivity (Wildman–Crippen MR) is 77.6 cm³/mol. The molecule has 0 aliphatic heterocycles. The van der Waals surface area contributed by atoms with Crippen molar-refractivity contribution in [2.75, 3.05) is 6.54 Å². The van der Waals surface area contributed by atoms with E-state index in [2.05, 4.69) is 19.2 Å². The smallest absolute Gasteiger partial charge is 0.00130 e. The molecule has 0 radical (unpaired) electrons. The fourth-order valence-electron chi connectivity index (χ4n) is 4.86. The van der Waals surface area contributed by atoms with Crippen molar-refractivity contribution in [2.24, 2.45) is 23.2 Å². The number of nitrogens with one attached hydrogen (secondary N) is 1. The van der Waals surface area contributed by atoms with Crippen molar-refractivity contribution in [1.29, 1.82) is 0 Å². The Hall–Kier alpha value is -0.0400. The van der Waals surface area contributed by atoms with Gasteiger partial charge in [0.05, 0.1) is 0 Å². The first-order valence-corrected chi connectivity index (χ1v) is 8.43. The van der Waals surface area contributed by atoms with Gasteiger partial charge >= 0.3 is 0 Å². The van der Waals surface area contributed by atoms with E-state index in [1.807, 2.05) is 0 Å². The lowest BCUT2D eigenvalue weighted by Crippen LogP contribution is -2.41. The average Bonchev–Trinajstić information content (AvgIpc) is 3.05. The Kier molecular flexibility index (Phi) is 3.71. The van der Waals surface area contributed by atoms with E-state index < -0.39 is 0 Å². The highest BCUT2D eigenvalue weighted by atomic mass is 14.9. The molecule has 2 unspecified atom stereocenters. The summed E-state index contributed by atoms with van der Waals surface area (Å²) in [6.45, 7) is 5.91. The van der Waals surface area contributed by atoms with E-state index in [1.165, 1.54) is 45.1 Å². The van der Waals surface area contributed by atoms with Crippen LogP contribution in [0.3, 0.4) is 0 Å². The first kappa shape index (κ1) is 13.0. The molecule has 1 nitrogen and oxygen atoms in total. The number of hydrogen-bond donors (Lipinski definition) is 1. The number of rotatable bonds is 4. The van der Waals surface area contributed by atoms with Gasteiger partial charge in [0.2, 0.25) is 0 Å². The Morgan fingerprint density at radius 3 is 2.17 bits per heavy atom. The molecule has 3 rings (SSSR count). The van der Waals surface area contributed by atoms with Gasteiger partial charge in [0.15, 0.2) is 0 Å². The quantitative estimate of drug-likeness (QED) is 0.729. The summed E-state index contributed by atoms with van der Waals surface area (Å²) in [6, 6.07) is 0.657. The van der Waals surface area contributed by atoms with Gasteiger partial charge in [0.25, 0.3) is 0 Å². The van der Waals surface area contributed by atoms with Crippen molar-refractivity contribution in [3.8, 4) is 0 Å². The Bertz CT molecular complexity index is 265. The molecule has 0 aromatic heterocycles. The third-order valence-corrected chi connectivity index (χ3v) is 5.99. The summed E-state index contributed by atoms with van der Waals surface area (Å²) in [6.07, 6.45) is 13.7. The van der Waals surface area contributed by atoms with Crippen LogP contribution in [0.15, 0.2) is 0 Å². The summed E-state index contributed by atoms with van der Waals surface area (Å²) in [7, 11) is 0. The summed E-state index contributed by atoms with van der Waals surface area (Å²) < 4.78 is 0. The zero-order valence-electron chi connectivity index (χ0n) is 12.4. The minimum atomic E-state index is 0.657. The topological polar surface area (TPSA) is 12.0 Å². The van der Waals surface area contributed by atoms with Crippen molar-refractivity contribution in [3.63, 3.8) is 0 Å². The summed E-state index contributed by atoms with van der Waals surface area (Å²) in [4.78, 5) is 0. The molecule has 1 heteroatoms. The second-order valence-corrected chi connectivity index (χ2v) is 7.75. The second-order valence-electron chi connectivity index (χ2n) is 7.75. The Morgan fingerprint density at radius 2 is 1.61 bits per heavy atom. The normalized spacial score (nSPS) is 40.8. The SMILES string of the molecule is CC(C)NCC1(C2CCCCCC2)CC2CC2C1. The first-order chi connectivity index (χ1) is 8.70. The highest BCUT2D eigenvalue weighted by Crippen LogP contribution is 2.63. The van der Waals surface area contributed by atoms with Gasteiger partial charge in [-0.2, -0.15) is 0 Å². The maximum Gasteiger partial charge on any atom is 0.00130 e. The molecule has 0 spiro atoms. The third kappa shape index (κ3) is 2.61. The highest BCUT2D eigenvalue weighted by molar-refractivity contribution is 5.06. The van der Waals surface area contributed by atoms with Gasteiger partial charge < -0.3 is 5.32 Å². The van der Waals surface area contributed by atoms with Gasteiger partial charge in [-0.05, 0) is 55.3 Å². The van der Waals surface area contributed by atoms with Gasteiger partial charge in [0, 0.05) is 12.6 Å². The van der Waals surface area contributed by atoms with E-state index in [4.69, 9.17) is 0 Å². The predicted octanol–water partition coefficient (Wildman–Crippen LogP) is 4.37. The van der Waals surface area contributed by atoms with Crippen LogP contribution >= 0.6 is 0 Å². The van der Waals surface area contributed by atoms with E-state index in [0.29, 0.717) is 11.5 Å². The van der Waals surface area contributed by atoms with E-state index in [1.54, 1.807) is 19.3 Å². The molecule has 18 heavy (non-hydrogen) atoms. The number of hydrogen-bond acceptors (Lipinski definition) is 1. The first-order valence-electron chi connectivity index (χ1n) is 8.43. The molecule has 3 fully saturated rings. The Morgan fingerprint density at radius 1 is 1.00 bits per heavy atom. The van der Waals surface area contributed by atoms with Crippen LogP contribution in [-0.2, 0) is 0 Å². The molecule has 0 bridgehead atoms. The summed E-state index contributed by atoms with van der Waals surface area (Å²) in [5.41, 5.74) is 0.697. The molecule has 0 amide bonds.